The van der Waals surface area contributed by atoms with Gasteiger partial charge in [0.2, 0.25) is 0 Å². The van der Waals surface area contributed by atoms with Gasteiger partial charge in [0, 0.05) is 5.92 Å². The van der Waals surface area contributed by atoms with E-state index >= 15 is 0 Å². The van der Waals surface area contributed by atoms with Crippen LogP contribution in [0, 0.1) is 16.0 Å². The van der Waals surface area contributed by atoms with Gasteiger partial charge >= 0.3 is 0 Å². The van der Waals surface area contributed by atoms with Crippen LogP contribution in [0.4, 0.5) is 0 Å². The Labute approximate surface area is 62.2 Å². The normalized spacial score (nSPS) is 27.3. The quantitative estimate of drug-likeness (QED) is 0.315. The van der Waals surface area contributed by atoms with Crippen molar-refractivity contribution >= 4 is 6.47 Å². The lowest BCUT2D eigenvalue weighted by Gasteiger charge is -1.95. The summed E-state index contributed by atoms with van der Waals surface area (Å²) >= 11 is 0. The van der Waals surface area contributed by atoms with Crippen LogP contribution in [0.1, 0.15) is 6.42 Å². The maximum Gasteiger partial charge on any atom is 0.294 e. The summed E-state index contributed by atoms with van der Waals surface area (Å²) in [6.07, 6.45) is 0.486. The van der Waals surface area contributed by atoms with Crippen LogP contribution < -0.4 is 0 Å². The zero-order valence-electron chi connectivity index (χ0n) is 5.63. The SMILES string of the molecule is O=CO[C@H]1C[C@@H]1CO[N+](=O)[O-]. The summed E-state index contributed by atoms with van der Waals surface area (Å²) in [4.78, 5) is 23.5. The summed E-state index contributed by atoms with van der Waals surface area (Å²) in [7, 11) is 0. The minimum absolute atomic E-state index is 0.00519. The molecule has 0 aromatic carbocycles. The van der Waals surface area contributed by atoms with Crippen molar-refractivity contribution in [2.75, 3.05) is 6.61 Å². The summed E-state index contributed by atoms with van der Waals surface area (Å²) < 4.78 is 4.51. The third-order valence-corrected chi connectivity index (χ3v) is 1.48. The van der Waals surface area contributed by atoms with Crippen LogP contribution in [0.3, 0.4) is 0 Å². The van der Waals surface area contributed by atoms with E-state index in [1.165, 1.54) is 0 Å². The first-order chi connectivity index (χ1) is 5.24. The van der Waals surface area contributed by atoms with Crippen LogP contribution in [0.25, 0.3) is 0 Å². The highest BCUT2D eigenvalue weighted by Crippen LogP contribution is 2.33. The molecule has 0 aliphatic heterocycles. The molecular formula is C5H7NO5. The minimum atomic E-state index is -0.851. The van der Waals surface area contributed by atoms with Gasteiger partial charge < -0.3 is 9.57 Å². The highest BCUT2D eigenvalue weighted by Gasteiger charge is 2.39. The first-order valence-corrected chi connectivity index (χ1v) is 3.10. The molecule has 0 N–H and O–H groups in total. The van der Waals surface area contributed by atoms with Gasteiger partial charge in [-0.2, -0.15) is 0 Å². The number of ether oxygens (including phenoxy) is 1. The lowest BCUT2D eigenvalue weighted by Crippen LogP contribution is -2.06. The number of carbonyl (C=O) groups excluding carboxylic acids is 1. The molecule has 0 aromatic heterocycles. The van der Waals surface area contributed by atoms with Gasteiger partial charge in [0.1, 0.15) is 12.7 Å². The molecule has 2 atom stereocenters. The summed E-state index contributed by atoms with van der Waals surface area (Å²) in [5, 5.41) is 8.82. The second-order valence-corrected chi connectivity index (χ2v) is 2.29. The summed E-state index contributed by atoms with van der Waals surface area (Å²) in [5.74, 6) is 0.00519. The van der Waals surface area contributed by atoms with Crippen LogP contribution in [0.2, 0.25) is 0 Å². The predicted octanol–water partition coefficient (Wildman–Crippen LogP) is -0.244. The Morgan fingerprint density at radius 2 is 2.45 bits per heavy atom. The number of rotatable bonds is 5. The molecular weight excluding hydrogens is 154 g/mol. The van der Waals surface area contributed by atoms with Gasteiger partial charge in [0.05, 0.1) is 0 Å². The number of hydrogen-bond acceptors (Lipinski definition) is 5. The van der Waals surface area contributed by atoms with Crippen molar-refractivity contribution in [2.45, 2.75) is 12.5 Å². The van der Waals surface area contributed by atoms with E-state index < -0.39 is 5.09 Å². The maximum atomic E-state index is 9.74. The van der Waals surface area contributed by atoms with E-state index in [0.717, 1.165) is 0 Å². The molecule has 0 heterocycles. The van der Waals surface area contributed by atoms with Crippen molar-refractivity contribution in [3.05, 3.63) is 10.1 Å². The molecule has 0 radical (unpaired) electrons. The van der Waals surface area contributed by atoms with E-state index in [2.05, 4.69) is 9.57 Å². The highest BCUT2D eigenvalue weighted by atomic mass is 16.9. The van der Waals surface area contributed by atoms with Crippen molar-refractivity contribution in [3.63, 3.8) is 0 Å². The van der Waals surface area contributed by atoms with E-state index in [1.807, 2.05) is 0 Å². The molecule has 62 valence electrons. The highest BCUT2D eigenvalue weighted by molar-refractivity contribution is 5.38. The summed E-state index contributed by atoms with van der Waals surface area (Å²) in [6, 6.07) is 0. The zero-order chi connectivity index (χ0) is 8.27. The maximum absolute atomic E-state index is 9.74. The Kier molecular flexibility index (Phi) is 2.25. The van der Waals surface area contributed by atoms with Gasteiger partial charge in [-0.05, 0) is 6.42 Å². The topological polar surface area (TPSA) is 78.7 Å². The molecule has 0 aromatic rings. The number of nitrogens with zero attached hydrogens (tertiary/aromatic N) is 1. The molecule has 1 aliphatic carbocycles. The summed E-state index contributed by atoms with van der Waals surface area (Å²) in [6.45, 7) is 0.363. The molecule has 0 unspecified atom stereocenters. The molecule has 1 saturated carbocycles. The molecule has 0 amide bonds. The van der Waals surface area contributed by atoms with E-state index in [9.17, 15) is 14.9 Å². The minimum Gasteiger partial charge on any atom is -0.464 e. The van der Waals surface area contributed by atoms with Crippen LogP contribution >= 0.6 is 0 Å². The number of carbonyl (C=O) groups is 1. The molecule has 1 fully saturated rings. The monoisotopic (exact) mass is 161 g/mol. The second kappa shape index (κ2) is 3.18. The van der Waals surface area contributed by atoms with Gasteiger partial charge in [-0.3, -0.25) is 4.79 Å². The standard InChI is InChI=1S/C5H7NO5/c7-3-10-5-1-4(5)2-11-6(8)9/h3-5H,1-2H2/t4-,5+/m1/s1. The first kappa shape index (κ1) is 7.77. The van der Waals surface area contributed by atoms with Crippen molar-refractivity contribution in [2.24, 2.45) is 5.92 Å². The molecule has 1 rings (SSSR count). The van der Waals surface area contributed by atoms with Gasteiger partial charge in [-0.25, -0.2) is 0 Å². The van der Waals surface area contributed by atoms with E-state index in [4.69, 9.17) is 0 Å². The van der Waals surface area contributed by atoms with Gasteiger partial charge in [0.15, 0.2) is 0 Å². The van der Waals surface area contributed by atoms with Crippen molar-refractivity contribution < 1.29 is 19.5 Å². The van der Waals surface area contributed by atoms with Gasteiger partial charge in [-0.1, -0.05) is 0 Å². The molecule has 6 heteroatoms. The zero-order valence-corrected chi connectivity index (χ0v) is 5.63. The third kappa shape index (κ3) is 2.40. The number of hydrogen-bond donors (Lipinski definition) is 0. The van der Waals surface area contributed by atoms with E-state index in [0.29, 0.717) is 12.9 Å². The smallest absolute Gasteiger partial charge is 0.294 e. The Balaban J connectivity index is 2.04. The summed E-state index contributed by atoms with van der Waals surface area (Å²) in [5.41, 5.74) is 0. The predicted molar refractivity (Wildman–Crippen MR) is 32.0 cm³/mol. The van der Waals surface area contributed by atoms with Crippen molar-refractivity contribution in [1.29, 1.82) is 0 Å². The van der Waals surface area contributed by atoms with Crippen molar-refractivity contribution in [3.8, 4) is 0 Å². The van der Waals surface area contributed by atoms with Crippen molar-refractivity contribution in [1.82, 2.24) is 0 Å². The second-order valence-electron chi connectivity index (χ2n) is 2.29. The fraction of sp³-hybridized carbons (Fsp3) is 0.800. The molecule has 1 aliphatic rings. The molecule has 11 heavy (non-hydrogen) atoms. The Morgan fingerprint density at radius 3 is 3.00 bits per heavy atom. The fourth-order valence-corrected chi connectivity index (χ4v) is 0.790. The van der Waals surface area contributed by atoms with Crippen LogP contribution in [0.5, 0.6) is 0 Å². The van der Waals surface area contributed by atoms with Crippen LogP contribution in [-0.4, -0.2) is 24.3 Å². The van der Waals surface area contributed by atoms with Crippen LogP contribution in [-0.2, 0) is 14.4 Å². The molecule has 0 saturated heterocycles. The van der Waals surface area contributed by atoms with Crippen LogP contribution in [0.15, 0.2) is 0 Å². The van der Waals surface area contributed by atoms with E-state index in [1.54, 1.807) is 0 Å². The van der Waals surface area contributed by atoms with Gasteiger partial charge in [0.25, 0.3) is 11.6 Å². The average Bonchev–Trinajstić information content (AvgIpc) is 2.64. The first-order valence-electron chi connectivity index (χ1n) is 3.10. The largest absolute Gasteiger partial charge is 0.464 e. The van der Waals surface area contributed by atoms with E-state index in [-0.39, 0.29) is 18.6 Å². The van der Waals surface area contributed by atoms with Gasteiger partial charge in [-0.15, -0.1) is 10.1 Å². The molecule has 6 nitrogen and oxygen atoms in total. The Morgan fingerprint density at radius 1 is 1.73 bits per heavy atom. The lowest BCUT2D eigenvalue weighted by atomic mass is 10.5. The third-order valence-electron chi connectivity index (χ3n) is 1.48. The lowest BCUT2D eigenvalue weighted by molar-refractivity contribution is -0.758. The Hall–Kier alpha value is -1.33. The molecule has 0 spiro atoms. The Bertz CT molecular complexity index is 170. The molecule has 0 bridgehead atoms. The fourth-order valence-electron chi connectivity index (χ4n) is 0.790. The average molecular weight is 161 g/mol.